The zero-order chi connectivity index (χ0) is 18.2. The summed E-state index contributed by atoms with van der Waals surface area (Å²) in [5.74, 6) is -1.07. The van der Waals surface area contributed by atoms with Gasteiger partial charge in [-0.15, -0.1) is 0 Å². The van der Waals surface area contributed by atoms with E-state index in [2.05, 4.69) is 17.6 Å². The van der Waals surface area contributed by atoms with Crippen LogP contribution in [0, 0.1) is 12.3 Å². The Balaban J connectivity index is 1.68. The first kappa shape index (κ1) is 17.6. The Kier molecular flexibility index (Phi) is 4.64. The maximum absolute atomic E-state index is 12.6. The molecule has 134 valence electrons. The number of piperidine rings is 1. The summed E-state index contributed by atoms with van der Waals surface area (Å²) in [6.45, 7) is 8.08. The Morgan fingerprint density at radius 1 is 1.24 bits per heavy atom. The summed E-state index contributed by atoms with van der Waals surface area (Å²) < 4.78 is 0. The maximum atomic E-state index is 12.6. The molecule has 2 N–H and O–H groups in total. The van der Waals surface area contributed by atoms with Gasteiger partial charge in [-0.25, -0.2) is 0 Å². The lowest BCUT2D eigenvalue weighted by molar-refractivity contribution is -0.125. The lowest BCUT2D eigenvalue weighted by atomic mass is 9.81. The second-order valence-corrected chi connectivity index (χ2v) is 7.48. The molecule has 3 rings (SSSR count). The van der Waals surface area contributed by atoms with E-state index in [-0.39, 0.29) is 17.2 Å². The number of carbonyl (C=O) groups is 3. The number of hydrogen-bond acceptors (Lipinski definition) is 4. The second kappa shape index (κ2) is 6.59. The number of carbonyl (C=O) groups excluding carboxylic acids is 3. The van der Waals surface area contributed by atoms with Crippen LogP contribution in [0.25, 0.3) is 0 Å². The summed E-state index contributed by atoms with van der Waals surface area (Å²) in [6, 6.07) is 4.34. The molecule has 0 bridgehead atoms. The molecule has 1 fully saturated rings. The van der Waals surface area contributed by atoms with Gasteiger partial charge in [0, 0.05) is 6.54 Å². The zero-order valence-electron chi connectivity index (χ0n) is 15.0. The van der Waals surface area contributed by atoms with Gasteiger partial charge in [0.25, 0.3) is 11.8 Å². The van der Waals surface area contributed by atoms with Gasteiger partial charge in [-0.05, 0) is 57.3 Å². The zero-order valence-corrected chi connectivity index (χ0v) is 15.0. The monoisotopic (exact) mass is 343 g/mol. The summed E-state index contributed by atoms with van der Waals surface area (Å²) in [6.07, 6.45) is 1.99. The average molecular weight is 343 g/mol. The van der Waals surface area contributed by atoms with Gasteiger partial charge < -0.3 is 10.6 Å². The number of fused-ring (bicyclic) bond motifs is 1. The molecular formula is C19H25N3O3. The predicted octanol–water partition coefficient (Wildman–Crippen LogP) is 1.49. The standard InChI is InChI=1S/C19H25N3O3/c1-12-4-5-14-15(10-12)18(25)22(17(14)24)13(2)16(23)21-11-19(3)6-8-20-9-7-19/h4-5,10,13,20H,6-9,11H2,1-3H3,(H,21,23). The van der Waals surface area contributed by atoms with E-state index in [0.717, 1.165) is 36.4 Å². The minimum absolute atomic E-state index is 0.0553. The molecule has 6 nitrogen and oxygen atoms in total. The highest BCUT2D eigenvalue weighted by Gasteiger charge is 2.41. The second-order valence-electron chi connectivity index (χ2n) is 7.48. The Morgan fingerprint density at radius 2 is 1.88 bits per heavy atom. The van der Waals surface area contributed by atoms with E-state index in [4.69, 9.17) is 0 Å². The van der Waals surface area contributed by atoms with Crippen LogP contribution in [0.3, 0.4) is 0 Å². The van der Waals surface area contributed by atoms with Gasteiger partial charge >= 0.3 is 0 Å². The van der Waals surface area contributed by atoms with E-state index in [1.807, 2.05) is 6.92 Å². The molecule has 2 heterocycles. The molecule has 1 aromatic rings. The van der Waals surface area contributed by atoms with Crippen molar-refractivity contribution in [1.82, 2.24) is 15.5 Å². The molecule has 0 spiro atoms. The summed E-state index contributed by atoms with van der Waals surface area (Å²) >= 11 is 0. The van der Waals surface area contributed by atoms with Crippen molar-refractivity contribution in [2.45, 2.75) is 39.7 Å². The van der Waals surface area contributed by atoms with Crippen molar-refractivity contribution in [3.05, 3.63) is 34.9 Å². The Bertz CT molecular complexity index is 723. The first-order chi connectivity index (χ1) is 11.8. The summed E-state index contributed by atoms with van der Waals surface area (Å²) in [4.78, 5) is 38.8. The third-order valence-corrected chi connectivity index (χ3v) is 5.34. The molecule has 1 aromatic carbocycles. The number of nitrogens with zero attached hydrogens (tertiary/aromatic N) is 1. The van der Waals surface area contributed by atoms with Gasteiger partial charge in [-0.1, -0.05) is 18.6 Å². The molecule has 0 aliphatic carbocycles. The molecule has 0 radical (unpaired) electrons. The lowest BCUT2D eigenvalue weighted by Gasteiger charge is -2.34. The predicted molar refractivity (Wildman–Crippen MR) is 94.4 cm³/mol. The molecule has 1 atom stereocenters. The fourth-order valence-electron chi connectivity index (χ4n) is 3.50. The Hall–Kier alpha value is -2.21. The van der Waals surface area contributed by atoms with E-state index in [1.165, 1.54) is 0 Å². The fourth-order valence-corrected chi connectivity index (χ4v) is 3.50. The van der Waals surface area contributed by atoms with Crippen LogP contribution in [-0.2, 0) is 4.79 Å². The number of nitrogens with one attached hydrogen (secondary N) is 2. The van der Waals surface area contributed by atoms with Gasteiger partial charge in [0.05, 0.1) is 11.1 Å². The van der Waals surface area contributed by atoms with Crippen molar-refractivity contribution >= 4 is 17.7 Å². The molecule has 1 saturated heterocycles. The van der Waals surface area contributed by atoms with E-state index >= 15 is 0 Å². The third kappa shape index (κ3) is 3.31. The molecule has 2 aliphatic heterocycles. The first-order valence-corrected chi connectivity index (χ1v) is 8.79. The van der Waals surface area contributed by atoms with Crippen LogP contribution in [0.5, 0.6) is 0 Å². The average Bonchev–Trinajstić information content (AvgIpc) is 2.83. The first-order valence-electron chi connectivity index (χ1n) is 8.79. The van der Waals surface area contributed by atoms with Crippen molar-refractivity contribution in [1.29, 1.82) is 0 Å². The number of rotatable bonds is 4. The highest BCUT2D eigenvalue weighted by Crippen LogP contribution is 2.28. The third-order valence-electron chi connectivity index (χ3n) is 5.34. The number of amides is 3. The molecule has 6 heteroatoms. The smallest absolute Gasteiger partial charge is 0.262 e. The fraction of sp³-hybridized carbons (Fsp3) is 0.526. The van der Waals surface area contributed by atoms with Crippen molar-refractivity contribution in [2.24, 2.45) is 5.41 Å². The largest absolute Gasteiger partial charge is 0.354 e. The Labute approximate surface area is 148 Å². The van der Waals surface area contributed by atoms with E-state index in [0.29, 0.717) is 17.7 Å². The highest BCUT2D eigenvalue weighted by molar-refractivity contribution is 6.22. The Morgan fingerprint density at radius 3 is 2.56 bits per heavy atom. The molecular weight excluding hydrogens is 318 g/mol. The minimum Gasteiger partial charge on any atom is -0.354 e. The molecule has 0 saturated carbocycles. The van der Waals surface area contributed by atoms with Gasteiger partial charge in [0.15, 0.2) is 0 Å². The maximum Gasteiger partial charge on any atom is 0.262 e. The van der Waals surface area contributed by atoms with Crippen LogP contribution in [0.4, 0.5) is 0 Å². The molecule has 25 heavy (non-hydrogen) atoms. The minimum atomic E-state index is -0.821. The molecule has 0 aromatic heterocycles. The summed E-state index contributed by atoms with van der Waals surface area (Å²) in [7, 11) is 0. The van der Waals surface area contributed by atoms with E-state index < -0.39 is 11.9 Å². The lowest BCUT2D eigenvalue weighted by Crippen LogP contribution is -2.50. The molecule has 3 amide bonds. The van der Waals surface area contributed by atoms with E-state index in [1.54, 1.807) is 25.1 Å². The summed E-state index contributed by atoms with van der Waals surface area (Å²) in [5, 5.41) is 6.25. The molecule has 1 unspecified atom stereocenters. The van der Waals surface area contributed by atoms with Crippen molar-refractivity contribution < 1.29 is 14.4 Å². The van der Waals surface area contributed by atoms with Crippen LogP contribution >= 0.6 is 0 Å². The van der Waals surface area contributed by atoms with Crippen LogP contribution in [0.1, 0.15) is 53.0 Å². The number of aryl methyl sites for hydroxylation is 1. The molecule has 2 aliphatic rings. The normalized spacial score (nSPS) is 20.4. The van der Waals surface area contributed by atoms with Crippen molar-refractivity contribution in [3.8, 4) is 0 Å². The van der Waals surface area contributed by atoms with Crippen molar-refractivity contribution in [2.75, 3.05) is 19.6 Å². The quantitative estimate of drug-likeness (QED) is 0.812. The number of imide groups is 1. The van der Waals surface area contributed by atoms with Gasteiger partial charge in [0.1, 0.15) is 6.04 Å². The SMILES string of the molecule is Cc1ccc2c(c1)C(=O)N(C(C)C(=O)NCC1(C)CCNCC1)C2=O. The van der Waals surface area contributed by atoms with E-state index in [9.17, 15) is 14.4 Å². The van der Waals surface area contributed by atoms with Gasteiger partial charge in [-0.3, -0.25) is 19.3 Å². The summed E-state index contributed by atoms with van der Waals surface area (Å²) in [5.41, 5.74) is 1.73. The number of hydrogen-bond donors (Lipinski definition) is 2. The number of benzene rings is 1. The van der Waals surface area contributed by atoms with Gasteiger partial charge in [-0.2, -0.15) is 0 Å². The highest BCUT2D eigenvalue weighted by atomic mass is 16.2. The van der Waals surface area contributed by atoms with Gasteiger partial charge in [0.2, 0.25) is 5.91 Å². The van der Waals surface area contributed by atoms with Crippen LogP contribution in [0.2, 0.25) is 0 Å². The van der Waals surface area contributed by atoms with Crippen LogP contribution < -0.4 is 10.6 Å². The topological polar surface area (TPSA) is 78.5 Å². The van der Waals surface area contributed by atoms with Crippen LogP contribution in [0.15, 0.2) is 18.2 Å². The van der Waals surface area contributed by atoms with Crippen molar-refractivity contribution in [3.63, 3.8) is 0 Å². The van der Waals surface area contributed by atoms with Crippen LogP contribution in [-0.4, -0.2) is 48.3 Å².